The van der Waals surface area contributed by atoms with Crippen molar-refractivity contribution in [2.45, 2.75) is 31.1 Å². The maximum absolute atomic E-state index is 12.0. The first kappa shape index (κ1) is 26.2. The number of ether oxygens (including phenoxy) is 1. The Morgan fingerprint density at radius 1 is 1.10 bits per heavy atom. The number of hydrogen-bond acceptors (Lipinski definition) is 13. The van der Waals surface area contributed by atoms with E-state index < -0.39 is 66.9 Å². The molecule has 0 amide bonds. The third-order valence-corrected chi connectivity index (χ3v) is 7.46. The van der Waals surface area contributed by atoms with Crippen LogP contribution in [0.15, 0.2) is 11.0 Å². The van der Waals surface area contributed by atoms with Crippen LogP contribution in [-0.4, -0.2) is 69.4 Å². The Hall–Kier alpha value is -1.07. The van der Waals surface area contributed by atoms with E-state index in [1.807, 2.05) is 0 Å². The standard InChI is InChI=1S/C10H18N3O15P3/c11-8-4(2-14)1-13(10(17)12-8)9-7(16)6(15)5(26-9)3-25-30(21,22)28-31(23,24)27-29(18,19)20/h1,5-7,9,14-16H,2-3H2,(H,21,22)(H,23,24)(H2,11,12,17)(H2,18,19,20)/t5-,6+,7?,9-/m1/s1. The van der Waals surface area contributed by atoms with E-state index in [4.69, 9.17) is 25.2 Å². The molecule has 1 aliphatic heterocycles. The number of nitrogens with zero attached hydrogens (tertiary/aromatic N) is 2. The molecule has 0 spiro atoms. The summed E-state index contributed by atoms with van der Waals surface area (Å²) in [6.45, 7) is -1.69. The van der Waals surface area contributed by atoms with Gasteiger partial charge in [0.05, 0.1) is 13.2 Å². The molecule has 1 aliphatic rings. The molecular weight excluding hydrogens is 495 g/mol. The summed E-state index contributed by atoms with van der Waals surface area (Å²) < 4.78 is 50.8. The van der Waals surface area contributed by atoms with Gasteiger partial charge in [0.25, 0.3) is 0 Å². The summed E-state index contributed by atoms with van der Waals surface area (Å²) >= 11 is 0. The van der Waals surface area contributed by atoms with Gasteiger partial charge in [-0.2, -0.15) is 13.6 Å². The highest BCUT2D eigenvalue weighted by Crippen LogP contribution is 2.66. The number of nitrogens with two attached hydrogens (primary N) is 1. The number of aliphatic hydroxyl groups excluding tert-OH is 3. The number of anilines is 1. The first-order valence-electron chi connectivity index (χ1n) is 7.83. The second-order valence-electron chi connectivity index (χ2n) is 5.93. The fourth-order valence-corrected chi connectivity index (χ4v) is 5.42. The van der Waals surface area contributed by atoms with E-state index in [2.05, 4.69) is 18.1 Å². The molecule has 178 valence electrons. The largest absolute Gasteiger partial charge is 0.490 e. The molecule has 1 aromatic rings. The Bertz CT molecular complexity index is 1010. The van der Waals surface area contributed by atoms with Crippen molar-refractivity contribution in [3.63, 3.8) is 0 Å². The lowest BCUT2D eigenvalue weighted by Gasteiger charge is -2.19. The van der Waals surface area contributed by atoms with Crippen LogP contribution in [0.2, 0.25) is 0 Å². The third kappa shape index (κ3) is 6.95. The van der Waals surface area contributed by atoms with Crippen LogP contribution in [0, 0.1) is 0 Å². The van der Waals surface area contributed by atoms with E-state index >= 15 is 0 Å². The molecule has 1 aromatic heterocycles. The molecule has 6 atom stereocenters. The van der Waals surface area contributed by atoms with Crippen molar-refractivity contribution in [3.8, 4) is 0 Å². The molecule has 0 aromatic carbocycles. The maximum Gasteiger partial charge on any atom is 0.490 e. The molecule has 0 saturated carbocycles. The SMILES string of the molecule is Nc1nc(=O)n([C@@H]2O[C@H](COP(=O)(O)OP(=O)(O)OP(=O)(O)O)[C@H](O)C2O)cc1CO. The summed E-state index contributed by atoms with van der Waals surface area (Å²) in [6.07, 6.45) is -5.83. The van der Waals surface area contributed by atoms with Crippen molar-refractivity contribution in [1.29, 1.82) is 0 Å². The van der Waals surface area contributed by atoms with E-state index in [0.29, 0.717) is 4.57 Å². The second-order valence-corrected chi connectivity index (χ2v) is 10.4. The van der Waals surface area contributed by atoms with Gasteiger partial charge in [-0.1, -0.05) is 0 Å². The minimum absolute atomic E-state index is 0.0124. The van der Waals surface area contributed by atoms with E-state index in [0.717, 1.165) is 6.20 Å². The summed E-state index contributed by atoms with van der Waals surface area (Å²) in [5, 5.41) is 29.4. The van der Waals surface area contributed by atoms with Crippen molar-refractivity contribution in [2.24, 2.45) is 0 Å². The highest BCUT2D eigenvalue weighted by atomic mass is 31.3. The lowest BCUT2D eigenvalue weighted by Crippen LogP contribution is -2.36. The Labute approximate surface area is 171 Å². The molecule has 0 aliphatic carbocycles. The van der Waals surface area contributed by atoms with Crippen LogP contribution in [0.3, 0.4) is 0 Å². The van der Waals surface area contributed by atoms with Gasteiger partial charge in [0.15, 0.2) is 6.23 Å². The Morgan fingerprint density at radius 2 is 1.71 bits per heavy atom. The number of phosphoric acid groups is 3. The van der Waals surface area contributed by atoms with Crippen molar-refractivity contribution >= 4 is 29.3 Å². The van der Waals surface area contributed by atoms with Gasteiger partial charge < -0.3 is 45.4 Å². The summed E-state index contributed by atoms with van der Waals surface area (Å²) in [4.78, 5) is 50.8. The number of nitrogen functional groups attached to an aromatic ring is 1. The predicted molar refractivity (Wildman–Crippen MR) is 94.6 cm³/mol. The van der Waals surface area contributed by atoms with Gasteiger partial charge in [0, 0.05) is 11.8 Å². The zero-order valence-corrected chi connectivity index (χ0v) is 17.7. The van der Waals surface area contributed by atoms with Crippen molar-refractivity contribution in [1.82, 2.24) is 9.55 Å². The zero-order chi connectivity index (χ0) is 23.8. The van der Waals surface area contributed by atoms with E-state index in [9.17, 15) is 38.7 Å². The van der Waals surface area contributed by atoms with E-state index in [1.54, 1.807) is 0 Å². The van der Waals surface area contributed by atoms with Gasteiger partial charge >= 0.3 is 29.2 Å². The first-order valence-corrected chi connectivity index (χ1v) is 12.4. The molecule has 0 bridgehead atoms. The van der Waals surface area contributed by atoms with Gasteiger partial charge in [-0.25, -0.2) is 18.5 Å². The van der Waals surface area contributed by atoms with Crippen molar-refractivity contribution in [2.75, 3.05) is 12.3 Å². The Balaban J connectivity index is 2.11. The molecule has 2 heterocycles. The first-order chi connectivity index (χ1) is 14.1. The maximum atomic E-state index is 12.0. The van der Waals surface area contributed by atoms with Gasteiger partial charge in [0.1, 0.15) is 24.1 Å². The summed E-state index contributed by atoms with van der Waals surface area (Å²) in [5.74, 6) is -0.291. The molecule has 18 nitrogen and oxygen atoms in total. The second kappa shape index (κ2) is 9.43. The van der Waals surface area contributed by atoms with E-state index in [1.165, 1.54) is 0 Å². The molecular formula is C10H18N3O15P3. The smallest absolute Gasteiger partial charge is 0.391 e. The van der Waals surface area contributed by atoms with Gasteiger partial charge in [-0.3, -0.25) is 9.09 Å². The van der Waals surface area contributed by atoms with Gasteiger partial charge in [-0.15, -0.1) is 0 Å². The summed E-state index contributed by atoms with van der Waals surface area (Å²) in [5.41, 5.74) is 4.40. The van der Waals surface area contributed by atoms with Crippen molar-refractivity contribution in [3.05, 3.63) is 22.2 Å². The van der Waals surface area contributed by atoms with Crippen LogP contribution in [-0.2, 0) is 38.2 Å². The molecule has 2 rings (SSSR count). The monoisotopic (exact) mass is 513 g/mol. The number of hydrogen-bond donors (Lipinski definition) is 8. The minimum atomic E-state index is -5.75. The minimum Gasteiger partial charge on any atom is -0.391 e. The lowest BCUT2D eigenvalue weighted by molar-refractivity contribution is -0.0543. The number of aromatic nitrogens is 2. The molecule has 1 fully saturated rings. The predicted octanol–water partition coefficient (Wildman–Crippen LogP) is -2.72. The van der Waals surface area contributed by atoms with Crippen LogP contribution in [0.25, 0.3) is 0 Å². The fourth-order valence-electron chi connectivity index (χ4n) is 2.39. The van der Waals surface area contributed by atoms with Crippen LogP contribution in [0.5, 0.6) is 0 Å². The van der Waals surface area contributed by atoms with Crippen LogP contribution in [0.1, 0.15) is 11.8 Å². The highest BCUT2D eigenvalue weighted by molar-refractivity contribution is 7.66. The molecule has 21 heteroatoms. The molecule has 3 unspecified atom stereocenters. The average Bonchev–Trinajstić information content (AvgIpc) is 2.85. The van der Waals surface area contributed by atoms with Crippen LogP contribution >= 0.6 is 23.5 Å². The van der Waals surface area contributed by atoms with Crippen LogP contribution < -0.4 is 11.4 Å². The lowest BCUT2D eigenvalue weighted by atomic mass is 10.1. The zero-order valence-electron chi connectivity index (χ0n) is 15.0. The third-order valence-electron chi connectivity index (χ3n) is 3.66. The Morgan fingerprint density at radius 3 is 2.26 bits per heavy atom. The molecule has 31 heavy (non-hydrogen) atoms. The topological polar surface area (TPSA) is 291 Å². The summed E-state index contributed by atoms with van der Waals surface area (Å²) in [6, 6.07) is 0. The van der Waals surface area contributed by atoms with Crippen LogP contribution in [0.4, 0.5) is 5.82 Å². The Kier molecular flexibility index (Phi) is 7.96. The van der Waals surface area contributed by atoms with Gasteiger partial charge in [0.2, 0.25) is 0 Å². The number of aliphatic hydroxyl groups is 3. The summed E-state index contributed by atoms with van der Waals surface area (Å²) in [7, 11) is -16.8. The normalized spacial score (nSPS) is 28.2. The van der Waals surface area contributed by atoms with Crippen molar-refractivity contribution < 1.29 is 66.5 Å². The highest BCUT2D eigenvalue weighted by Gasteiger charge is 2.46. The average molecular weight is 513 g/mol. The number of phosphoric ester groups is 1. The van der Waals surface area contributed by atoms with Gasteiger partial charge in [-0.05, 0) is 0 Å². The van der Waals surface area contributed by atoms with E-state index in [-0.39, 0.29) is 11.4 Å². The number of rotatable bonds is 9. The molecule has 0 radical (unpaired) electrons. The molecule has 9 N–H and O–H groups in total. The quantitative estimate of drug-likeness (QED) is 0.156. The molecule has 1 saturated heterocycles. The fraction of sp³-hybridized carbons (Fsp3) is 0.600.